The van der Waals surface area contributed by atoms with Gasteiger partial charge in [0.2, 0.25) is 0 Å². The summed E-state index contributed by atoms with van der Waals surface area (Å²) in [5.74, 6) is 1.01. The first-order valence-corrected chi connectivity index (χ1v) is 12.0. The number of benzene rings is 2. The van der Waals surface area contributed by atoms with E-state index in [2.05, 4.69) is 5.32 Å². The molecule has 172 valence electrons. The van der Waals surface area contributed by atoms with Crippen LogP contribution in [0.2, 0.25) is 0 Å². The Bertz CT molecular complexity index is 943. The maximum Gasteiger partial charge on any atom is 0.123 e. The minimum Gasteiger partial charge on any atom is -0.491 e. The van der Waals surface area contributed by atoms with Gasteiger partial charge in [-0.05, 0) is 94.3 Å². The van der Waals surface area contributed by atoms with Crippen LogP contribution in [0.25, 0.3) is 0 Å². The van der Waals surface area contributed by atoms with Crippen LogP contribution in [-0.2, 0) is 4.74 Å². The number of hydrogen-bond acceptors (Lipinski definition) is 3. The molecule has 3 nitrogen and oxygen atoms in total. The van der Waals surface area contributed by atoms with Gasteiger partial charge in [0.15, 0.2) is 0 Å². The lowest BCUT2D eigenvalue weighted by molar-refractivity contribution is -0.00920. The predicted octanol–water partition coefficient (Wildman–Crippen LogP) is 5.94. The summed E-state index contributed by atoms with van der Waals surface area (Å²) in [5, 5.41) is 3.70. The van der Waals surface area contributed by atoms with E-state index >= 15 is 0 Å². The smallest absolute Gasteiger partial charge is 0.123 e. The second kappa shape index (κ2) is 8.75. The highest BCUT2D eigenvalue weighted by atomic mass is 19.1. The molecular weight excluding hydrogens is 408 g/mol. The Balaban J connectivity index is 1.43. The molecule has 5 rings (SSSR count). The van der Waals surface area contributed by atoms with Crippen molar-refractivity contribution in [2.75, 3.05) is 13.2 Å². The molecule has 32 heavy (non-hydrogen) atoms. The van der Waals surface area contributed by atoms with E-state index in [0.29, 0.717) is 18.6 Å². The molecule has 2 aromatic carbocycles. The van der Waals surface area contributed by atoms with Crippen LogP contribution in [0.3, 0.4) is 0 Å². The molecule has 1 spiro atoms. The van der Waals surface area contributed by atoms with E-state index in [1.165, 1.54) is 18.9 Å². The maximum atomic E-state index is 14.2. The van der Waals surface area contributed by atoms with Gasteiger partial charge in [-0.15, -0.1) is 0 Å². The Morgan fingerprint density at radius 2 is 1.81 bits per heavy atom. The van der Waals surface area contributed by atoms with Crippen molar-refractivity contribution in [3.8, 4) is 5.75 Å². The molecule has 0 bridgehead atoms. The summed E-state index contributed by atoms with van der Waals surface area (Å²) in [6, 6.07) is 12.4. The summed E-state index contributed by atoms with van der Waals surface area (Å²) in [6.07, 6.45) is 5.41. The van der Waals surface area contributed by atoms with Gasteiger partial charge >= 0.3 is 0 Å². The Morgan fingerprint density at radius 3 is 2.53 bits per heavy atom. The number of ether oxygens (including phenoxy) is 2. The third-order valence-electron chi connectivity index (χ3n) is 7.39. The predicted molar refractivity (Wildman–Crippen MR) is 121 cm³/mol. The van der Waals surface area contributed by atoms with Crippen LogP contribution in [0, 0.1) is 17.6 Å². The summed E-state index contributed by atoms with van der Waals surface area (Å²) in [5.41, 5.74) is 1.73. The molecule has 0 amide bonds. The van der Waals surface area contributed by atoms with E-state index in [-0.39, 0.29) is 35.2 Å². The fourth-order valence-electron chi connectivity index (χ4n) is 5.84. The molecule has 1 heterocycles. The lowest BCUT2D eigenvalue weighted by Gasteiger charge is -2.34. The van der Waals surface area contributed by atoms with Gasteiger partial charge < -0.3 is 14.8 Å². The van der Waals surface area contributed by atoms with Crippen molar-refractivity contribution in [3.63, 3.8) is 0 Å². The van der Waals surface area contributed by atoms with Crippen LogP contribution in [0.15, 0.2) is 42.5 Å². The summed E-state index contributed by atoms with van der Waals surface area (Å²) < 4.78 is 40.5. The van der Waals surface area contributed by atoms with Crippen LogP contribution in [0.4, 0.5) is 8.78 Å². The molecule has 5 heteroatoms. The second-order valence-electron chi connectivity index (χ2n) is 10.1. The molecule has 4 atom stereocenters. The summed E-state index contributed by atoms with van der Waals surface area (Å²) in [7, 11) is 0. The van der Waals surface area contributed by atoms with Gasteiger partial charge in [-0.3, -0.25) is 0 Å². The molecule has 3 aliphatic rings. The molecule has 2 saturated carbocycles. The quantitative estimate of drug-likeness (QED) is 0.577. The average Bonchev–Trinajstić information content (AvgIpc) is 3.40. The maximum absolute atomic E-state index is 14.2. The van der Waals surface area contributed by atoms with Crippen LogP contribution in [0.5, 0.6) is 5.75 Å². The second-order valence-corrected chi connectivity index (χ2v) is 10.1. The Labute approximate surface area is 189 Å². The minimum absolute atomic E-state index is 0.0202. The fourth-order valence-corrected chi connectivity index (χ4v) is 5.84. The fraction of sp³-hybridized carbons (Fsp3) is 0.556. The molecule has 0 unspecified atom stereocenters. The zero-order valence-electron chi connectivity index (χ0n) is 19.0. The first kappa shape index (κ1) is 21.8. The monoisotopic (exact) mass is 441 g/mol. The summed E-state index contributed by atoms with van der Waals surface area (Å²) in [6.45, 7) is 5.49. The van der Waals surface area contributed by atoms with Crippen molar-refractivity contribution < 1.29 is 18.3 Å². The Kier molecular flexibility index (Phi) is 5.98. The summed E-state index contributed by atoms with van der Waals surface area (Å²) >= 11 is 0. The van der Waals surface area contributed by atoms with Gasteiger partial charge in [0.25, 0.3) is 0 Å². The van der Waals surface area contributed by atoms with Gasteiger partial charge in [-0.25, -0.2) is 8.78 Å². The van der Waals surface area contributed by atoms with E-state index < -0.39 is 0 Å². The number of halogens is 2. The van der Waals surface area contributed by atoms with E-state index in [1.807, 2.05) is 26.0 Å². The standard InChI is InChI=1S/C27H33F2NO2/c1-17(2)32-25-10-7-22(29)13-24(25)20-14-27(31-16-20)12-11-19(15-30-23-8-9-23)26(27)18-3-5-21(28)6-4-18/h3-7,10,13,17,19-20,23,26,30H,8-9,11-12,14-16H2,1-2H3/t19-,20-,26-,27-/m1/s1. The molecule has 1 N–H and O–H groups in total. The minimum atomic E-state index is -0.306. The highest BCUT2D eigenvalue weighted by molar-refractivity contribution is 5.39. The van der Waals surface area contributed by atoms with Crippen LogP contribution in [0.1, 0.15) is 68.9 Å². The normalized spacial score (nSPS) is 29.8. The lowest BCUT2D eigenvalue weighted by atomic mass is 9.76. The van der Waals surface area contributed by atoms with Crippen LogP contribution in [-0.4, -0.2) is 30.9 Å². The van der Waals surface area contributed by atoms with Crippen LogP contribution < -0.4 is 10.1 Å². The molecular formula is C27H33F2NO2. The lowest BCUT2D eigenvalue weighted by Crippen LogP contribution is -2.36. The first-order valence-electron chi connectivity index (χ1n) is 12.0. The number of rotatable bonds is 7. The van der Waals surface area contributed by atoms with Crippen LogP contribution >= 0.6 is 0 Å². The number of hydrogen-bond donors (Lipinski definition) is 1. The van der Waals surface area contributed by atoms with Crippen molar-refractivity contribution in [3.05, 3.63) is 65.2 Å². The van der Waals surface area contributed by atoms with Crippen molar-refractivity contribution in [2.45, 2.75) is 75.5 Å². The van der Waals surface area contributed by atoms with Gasteiger partial charge in [0, 0.05) is 23.4 Å². The third-order valence-corrected chi connectivity index (χ3v) is 7.39. The zero-order valence-corrected chi connectivity index (χ0v) is 19.0. The number of nitrogens with one attached hydrogen (secondary N) is 1. The molecule has 2 aliphatic carbocycles. The van der Waals surface area contributed by atoms with Crippen molar-refractivity contribution in [1.29, 1.82) is 0 Å². The van der Waals surface area contributed by atoms with Gasteiger partial charge in [0.05, 0.1) is 18.3 Å². The molecule has 1 saturated heterocycles. The highest BCUT2D eigenvalue weighted by Gasteiger charge is 2.54. The van der Waals surface area contributed by atoms with Crippen molar-refractivity contribution in [1.82, 2.24) is 5.32 Å². The molecule has 0 aromatic heterocycles. The molecule has 2 aromatic rings. The van der Waals surface area contributed by atoms with Gasteiger partial charge in [-0.2, -0.15) is 0 Å². The van der Waals surface area contributed by atoms with Crippen molar-refractivity contribution in [2.24, 2.45) is 5.92 Å². The SMILES string of the molecule is CC(C)Oc1ccc(F)cc1[C@H]1CO[C@]2(CC[C@H](CNC3CC3)[C@H]2c2ccc(F)cc2)C1. The largest absolute Gasteiger partial charge is 0.491 e. The zero-order chi connectivity index (χ0) is 22.3. The van der Waals surface area contributed by atoms with E-state index in [1.54, 1.807) is 24.3 Å². The molecule has 1 aliphatic heterocycles. The van der Waals surface area contributed by atoms with Gasteiger partial charge in [0.1, 0.15) is 17.4 Å². The topological polar surface area (TPSA) is 30.5 Å². The van der Waals surface area contributed by atoms with Gasteiger partial charge in [-0.1, -0.05) is 12.1 Å². The van der Waals surface area contributed by atoms with E-state index in [9.17, 15) is 8.78 Å². The Morgan fingerprint density at radius 1 is 1.06 bits per heavy atom. The molecule has 0 radical (unpaired) electrons. The summed E-state index contributed by atoms with van der Waals surface area (Å²) in [4.78, 5) is 0. The first-order chi connectivity index (χ1) is 15.4. The van der Waals surface area contributed by atoms with E-state index in [4.69, 9.17) is 9.47 Å². The highest BCUT2D eigenvalue weighted by Crippen LogP contribution is 2.57. The van der Waals surface area contributed by atoms with Crippen molar-refractivity contribution >= 4 is 0 Å². The Hall–Kier alpha value is -1.98. The van der Waals surface area contributed by atoms with E-state index in [0.717, 1.165) is 42.7 Å². The average molecular weight is 442 g/mol. The third kappa shape index (κ3) is 4.42. The molecule has 3 fully saturated rings.